The summed E-state index contributed by atoms with van der Waals surface area (Å²) in [7, 11) is 0. The minimum absolute atomic E-state index is 0.704. The van der Waals surface area contributed by atoms with Crippen LogP contribution < -0.4 is 5.32 Å². The van der Waals surface area contributed by atoms with Gasteiger partial charge in [-0.3, -0.25) is 9.80 Å². The summed E-state index contributed by atoms with van der Waals surface area (Å²) in [6.07, 6.45) is 3.94. The minimum atomic E-state index is 0.704. The number of rotatable bonds is 7. The van der Waals surface area contributed by atoms with Crippen LogP contribution in [0.4, 0.5) is 0 Å². The van der Waals surface area contributed by atoms with Crippen molar-refractivity contribution in [3.63, 3.8) is 0 Å². The monoisotopic (exact) mass is 253 g/mol. The number of piperazine rings is 3. The fraction of sp³-hybridized carbons (Fsp3) is 1.00. The van der Waals surface area contributed by atoms with Gasteiger partial charge in [-0.25, -0.2) is 0 Å². The van der Waals surface area contributed by atoms with Gasteiger partial charge >= 0.3 is 0 Å². The Kier molecular flexibility index (Phi) is 5.46. The molecule has 2 bridgehead atoms. The molecule has 0 radical (unpaired) electrons. The molecule has 0 aromatic rings. The van der Waals surface area contributed by atoms with Crippen LogP contribution in [0.15, 0.2) is 0 Å². The number of nitrogens with zero attached hydrogens (tertiary/aromatic N) is 2. The highest BCUT2D eigenvalue weighted by Crippen LogP contribution is 2.21. The van der Waals surface area contributed by atoms with Gasteiger partial charge in [0.25, 0.3) is 0 Å². The second-order valence-electron chi connectivity index (χ2n) is 6.44. The average Bonchev–Trinajstić information content (AvgIpc) is 2.40. The van der Waals surface area contributed by atoms with Crippen LogP contribution in [0.3, 0.4) is 0 Å². The third-order valence-electron chi connectivity index (χ3n) is 4.50. The molecule has 3 rings (SSSR count). The summed E-state index contributed by atoms with van der Waals surface area (Å²) in [4.78, 5) is 5.38. The normalized spacial score (nSPS) is 33.0. The lowest BCUT2D eigenvalue weighted by molar-refractivity contribution is -0.00514. The van der Waals surface area contributed by atoms with Crippen molar-refractivity contribution in [3.05, 3.63) is 0 Å². The summed E-state index contributed by atoms with van der Waals surface area (Å²) < 4.78 is 0. The van der Waals surface area contributed by atoms with E-state index in [4.69, 9.17) is 0 Å². The van der Waals surface area contributed by atoms with Crippen LogP contribution in [0, 0.1) is 5.92 Å². The van der Waals surface area contributed by atoms with Gasteiger partial charge in [0.2, 0.25) is 0 Å². The van der Waals surface area contributed by atoms with Crippen molar-refractivity contribution in [1.82, 2.24) is 15.1 Å². The number of fused-ring (bicyclic) bond motifs is 3. The fourth-order valence-electron chi connectivity index (χ4n) is 3.31. The molecule has 0 aromatic carbocycles. The van der Waals surface area contributed by atoms with Gasteiger partial charge in [-0.2, -0.15) is 0 Å². The molecule has 3 heterocycles. The van der Waals surface area contributed by atoms with Crippen LogP contribution in [0.25, 0.3) is 0 Å². The van der Waals surface area contributed by atoms with Crippen molar-refractivity contribution >= 4 is 0 Å². The maximum Gasteiger partial charge on any atom is 0.0377 e. The molecule has 3 aliphatic rings. The molecule has 3 saturated heterocycles. The molecule has 3 nitrogen and oxygen atoms in total. The molecule has 0 spiro atoms. The molecular formula is C15H31N3. The van der Waals surface area contributed by atoms with E-state index in [0.717, 1.165) is 12.0 Å². The van der Waals surface area contributed by atoms with Gasteiger partial charge in [-0.15, -0.1) is 0 Å². The topological polar surface area (TPSA) is 18.5 Å². The van der Waals surface area contributed by atoms with Crippen molar-refractivity contribution in [1.29, 1.82) is 0 Å². The summed E-state index contributed by atoms with van der Waals surface area (Å²) in [6, 6.07) is 1.47. The van der Waals surface area contributed by atoms with E-state index in [1.165, 1.54) is 58.5 Å². The third-order valence-corrected chi connectivity index (χ3v) is 4.50. The largest absolute Gasteiger partial charge is 0.312 e. The number of hydrogen-bond acceptors (Lipinski definition) is 3. The van der Waals surface area contributed by atoms with Crippen LogP contribution in [0.1, 0.15) is 40.0 Å². The van der Waals surface area contributed by atoms with Crippen LogP contribution in [0.5, 0.6) is 0 Å². The molecule has 2 unspecified atom stereocenters. The molecule has 0 saturated carbocycles. The van der Waals surface area contributed by atoms with Crippen LogP contribution in [0.2, 0.25) is 0 Å². The smallest absolute Gasteiger partial charge is 0.0377 e. The Balaban J connectivity index is 1.90. The summed E-state index contributed by atoms with van der Waals surface area (Å²) >= 11 is 0. The lowest BCUT2D eigenvalue weighted by Gasteiger charge is -2.50. The van der Waals surface area contributed by atoms with E-state index in [-0.39, 0.29) is 0 Å². The van der Waals surface area contributed by atoms with E-state index in [0.29, 0.717) is 6.04 Å². The van der Waals surface area contributed by atoms with Crippen molar-refractivity contribution in [2.24, 2.45) is 5.92 Å². The molecule has 18 heavy (non-hydrogen) atoms. The maximum absolute atomic E-state index is 3.81. The van der Waals surface area contributed by atoms with Crippen molar-refractivity contribution in [3.8, 4) is 0 Å². The predicted octanol–water partition coefficient (Wildman–Crippen LogP) is 1.79. The van der Waals surface area contributed by atoms with Crippen LogP contribution in [-0.4, -0.2) is 61.2 Å². The summed E-state index contributed by atoms with van der Waals surface area (Å²) in [5.74, 6) is 0.826. The number of nitrogens with one attached hydrogen (secondary N) is 1. The average molecular weight is 253 g/mol. The first-order valence-corrected chi connectivity index (χ1v) is 7.90. The highest BCUT2D eigenvalue weighted by molar-refractivity contribution is 4.94. The highest BCUT2D eigenvalue weighted by Gasteiger charge is 2.36. The Morgan fingerprint density at radius 3 is 2.33 bits per heavy atom. The van der Waals surface area contributed by atoms with Crippen molar-refractivity contribution < 1.29 is 0 Å². The summed E-state index contributed by atoms with van der Waals surface area (Å²) in [6.45, 7) is 14.6. The van der Waals surface area contributed by atoms with E-state index < -0.39 is 0 Å². The van der Waals surface area contributed by atoms with Gasteiger partial charge in [-0.1, -0.05) is 20.8 Å². The van der Waals surface area contributed by atoms with Gasteiger partial charge in [0.15, 0.2) is 0 Å². The van der Waals surface area contributed by atoms with Crippen LogP contribution in [-0.2, 0) is 0 Å². The molecule has 106 valence electrons. The fourth-order valence-corrected chi connectivity index (χ4v) is 3.31. The second-order valence-corrected chi connectivity index (χ2v) is 6.44. The van der Waals surface area contributed by atoms with Gasteiger partial charge in [0, 0.05) is 44.8 Å². The third kappa shape index (κ3) is 3.69. The molecule has 0 aliphatic carbocycles. The predicted molar refractivity (Wildman–Crippen MR) is 78.0 cm³/mol. The van der Waals surface area contributed by atoms with Crippen LogP contribution >= 0.6 is 0 Å². The zero-order valence-corrected chi connectivity index (χ0v) is 12.5. The lowest BCUT2D eigenvalue weighted by Crippen LogP contribution is -2.66. The maximum atomic E-state index is 3.81. The zero-order valence-electron chi connectivity index (χ0n) is 12.5. The minimum Gasteiger partial charge on any atom is -0.312 e. The van der Waals surface area contributed by atoms with Gasteiger partial charge in [-0.05, 0) is 31.7 Å². The molecule has 3 heteroatoms. The molecule has 1 N–H and O–H groups in total. The molecule has 0 amide bonds. The summed E-state index contributed by atoms with van der Waals surface area (Å²) in [5, 5.41) is 3.81. The number of hydrogen-bond donors (Lipinski definition) is 1. The Labute approximate surface area is 113 Å². The Hall–Kier alpha value is -0.120. The van der Waals surface area contributed by atoms with E-state index in [9.17, 15) is 0 Å². The first-order chi connectivity index (χ1) is 8.70. The Morgan fingerprint density at radius 1 is 1.11 bits per heavy atom. The first kappa shape index (κ1) is 14.3. The standard InChI is InChI=1S/C15H31N3/c1-4-7-16-14(6-5-13(2)3)15-12-17-8-10-18(15)11-9-17/h13-16H,4-12H2,1-3H3. The second kappa shape index (κ2) is 6.88. The van der Waals surface area contributed by atoms with Gasteiger partial charge in [0.1, 0.15) is 0 Å². The van der Waals surface area contributed by atoms with E-state index in [2.05, 4.69) is 35.9 Å². The van der Waals surface area contributed by atoms with E-state index in [1.54, 1.807) is 0 Å². The van der Waals surface area contributed by atoms with Crippen molar-refractivity contribution in [2.45, 2.75) is 52.1 Å². The quantitative estimate of drug-likeness (QED) is 0.746. The molecular weight excluding hydrogens is 222 g/mol. The Morgan fingerprint density at radius 2 is 1.83 bits per heavy atom. The zero-order chi connectivity index (χ0) is 13.0. The first-order valence-electron chi connectivity index (χ1n) is 7.90. The summed E-state index contributed by atoms with van der Waals surface area (Å²) in [5.41, 5.74) is 0. The highest BCUT2D eigenvalue weighted by atomic mass is 15.4. The molecule has 3 aliphatic heterocycles. The van der Waals surface area contributed by atoms with E-state index >= 15 is 0 Å². The SMILES string of the molecule is CCCNC(CCC(C)C)C1CN2CCN1CC2. The van der Waals surface area contributed by atoms with Gasteiger partial charge < -0.3 is 5.32 Å². The van der Waals surface area contributed by atoms with Gasteiger partial charge in [0.05, 0.1) is 0 Å². The molecule has 2 atom stereocenters. The molecule has 3 fully saturated rings. The van der Waals surface area contributed by atoms with Crippen molar-refractivity contribution in [2.75, 3.05) is 39.3 Å². The van der Waals surface area contributed by atoms with E-state index in [1.807, 2.05) is 0 Å². The Bertz CT molecular complexity index is 234. The lowest BCUT2D eigenvalue weighted by atomic mass is 9.93. The molecule has 0 aromatic heterocycles.